The van der Waals surface area contributed by atoms with Crippen LogP contribution in [0.2, 0.25) is 0 Å². The van der Waals surface area contributed by atoms with E-state index in [1.54, 1.807) is 0 Å². The Labute approximate surface area is 175 Å². The second kappa shape index (κ2) is 8.27. The van der Waals surface area contributed by atoms with Crippen LogP contribution in [0.25, 0.3) is 0 Å². The van der Waals surface area contributed by atoms with Crippen molar-refractivity contribution in [3.8, 4) is 0 Å². The lowest BCUT2D eigenvalue weighted by Crippen LogP contribution is -2.43. The molecule has 0 bridgehead atoms. The number of nitrogens with one attached hydrogen (secondary N) is 1. The molecule has 0 saturated carbocycles. The molecule has 1 spiro atoms. The van der Waals surface area contributed by atoms with Crippen LogP contribution >= 0.6 is 0 Å². The molecule has 0 aliphatic carbocycles. The van der Waals surface area contributed by atoms with Crippen LogP contribution < -0.4 is 5.32 Å². The fraction of sp³-hybridized carbons (Fsp3) is 0.520. The molecule has 1 N–H and O–H groups in total. The molecule has 1 atom stereocenters. The number of aromatic nitrogens is 2. The summed E-state index contributed by atoms with van der Waals surface area (Å²) in [5.41, 5.74) is 6.62. The van der Waals surface area contributed by atoms with Crippen molar-refractivity contribution in [3.05, 3.63) is 65.4 Å². The van der Waals surface area contributed by atoms with E-state index in [9.17, 15) is 0 Å². The SMILES string of the molecule is C=C1Nc2ccc(C)cc2C12CCN(CCCc1cnc(C(C)CC)nc1)CC2. The highest BCUT2D eigenvalue weighted by Crippen LogP contribution is 2.49. The minimum absolute atomic E-state index is 0.123. The average Bonchev–Trinajstić information content (AvgIpc) is 3.00. The maximum Gasteiger partial charge on any atom is 0.131 e. The number of benzene rings is 1. The molecule has 1 fully saturated rings. The summed E-state index contributed by atoms with van der Waals surface area (Å²) in [6, 6.07) is 6.76. The van der Waals surface area contributed by atoms with Gasteiger partial charge in [0.15, 0.2) is 0 Å². The molecule has 1 aromatic carbocycles. The Morgan fingerprint density at radius 1 is 1.21 bits per heavy atom. The average molecular weight is 391 g/mol. The van der Waals surface area contributed by atoms with Crippen molar-refractivity contribution in [3.63, 3.8) is 0 Å². The van der Waals surface area contributed by atoms with Gasteiger partial charge in [-0.2, -0.15) is 0 Å². The highest BCUT2D eigenvalue weighted by molar-refractivity contribution is 5.68. The number of rotatable bonds is 6. The van der Waals surface area contributed by atoms with Crippen molar-refractivity contribution < 1.29 is 0 Å². The van der Waals surface area contributed by atoms with Crippen molar-refractivity contribution in [2.45, 2.75) is 64.2 Å². The van der Waals surface area contributed by atoms with Crippen LogP contribution in [0, 0.1) is 6.92 Å². The number of anilines is 1. The molecule has 1 unspecified atom stereocenters. The molecule has 4 heteroatoms. The quantitative estimate of drug-likeness (QED) is 0.736. The summed E-state index contributed by atoms with van der Waals surface area (Å²) in [6.07, 6.45) is 9.65. The zero-order chi connectivity index (χ0) is 20.4. The Morgan fingerprint density at radius 2 is 1.93 bits per heavy atom. The fourth-order valence-electron chi connectivity index (χ4n) is 4.77. The predicted molar refractivity (Wildman–Crippen MR) is 120 cm³/mol. The molecule has 0 radical (unpaired) electrons. The maximum absolute atomic E-state index is 4.56. The molecular formula is C25H34N4. The first kappa shape index (κ1) is 20.1. The van der Waals surface area contributed by atoms with Crippen LogP contribution in [0.3, 0.4) is 0 Å². The van der Waals surface area contributed by atoms with E-state index in [1.807, 2.05) is 12.4 Å². The molecule has 29 heavy (non-hydrogen) atoms. The number of fused-ring (bicyclic) bond motifs is 2. The van der Waals surface area contributed by atoms with E-state index < -0.39 is 0 Å². The molecule has 4 rings (SSSR count). The third-order valence-corrected chi connectivity index (χ3v) is 6.98. The van der Waals surface area contributed by atoms with Gasteiger partial charge in [0.2, 0.25) is 0 Å². The van der Waals surface area contributed by atoms with E-state index in [0.29, 0.717) is 5.92 Å². The van der Waals surface area contributed by atoms with E-state index in [-0.39, 0.29) is 5.41 Å². The van der Waals surface area contributed by atoms with Gasteiger partial charge in [-0.1, -0.05) is 38.1 Å². The van der Waals surface area contributed by atoms with Crippen LogP contribution in [-0.2, 0) is 11.8 Å². The van der Waals surface area contributed by atoms with Gasteiger partial charge in [0.25, 0.3) is 0 Å². The van der Waals surface area contributed by atoms with Gasteiger partial charge in [-0.25, -0.2) is 9.97 Å². The number of nitrogens with zero attached hydrogens (tertiary/aromatic N) is 3. The highest BCUT2D eigenvalue weighted by Gasteiger charge is 2.44. The second-order valence-electron chi connectivity index (χ2n) is 8.94. The van der Waals surface area contributed by atoms with Gasteiger partial charge in [0.05, 0.1) is 0 Å². The van der Waals surface area contributed by atoms with Crippen molar-refractivity contribution in [2.75, 3.05) is 25.0 Å². The first-order chi connectivity index (χ1) is 14.0. The number of piperidine rings is 1. The standard InChI is InChI=1S/C25H34N4/c1-5-19(3)24-26-16-21(17-27-24)7-6-12-29-13-10-25(11-14-29)20(4)28-23-9-8-18(2)15-22(23)25/h8-9,15-17,19,28H,4-7,10-14H2,1-3H3. The second-order valence-corrected chi connectivity index (χ2v) is 8.94. The Balaban J connectivity index is 1.30. The van der Waals surface area contributed by atoms with E-state index in [2.05, 4.69) is 65.7 Å². The molecule has 0 amide bonds. The minimum Gasteiger partial charge on any atom is -0.358 e. The monoisotopic (exact) mass is 390 g/mol. The van der Waals surface area contributed by atoms with E-state index in [1.165, 1.54) is 28.1 Å². The van der Waals surface area contributed by atoms with Crippen LogP contribution in [0.15, 0.2) is 42.9 Å². The number of allylic oxidation sites excluding steroid dienone is 1. The Bertz CT molecular complexity index is 863. The van der Waals surface area contributed by atoms with E-state index in [0.717, 1.165) is 57.6 Å². The number of hydrogen-bond acceptors (Lipinski definition) is 4. The Morgan fingerprint density at radius 3 is 2.62 bits per heavy atom. The molecule has 1 saturated heterocycles. The third-order valence-electron chi connectivity index (χ3n) is 6.98. The first-order valence-corrected chi connectivity index (χ1v) is 11.1. The van der Waals surface area contributed by atoms with Gasteiger partial charge in [-0.3, -0.25) is 0 Å². The summed E-state index contributed by atoms with van der Waals surface area (Å²) < 4.78 is 0. The van der Waals surface area contributed by atoms with Crippen molar-refractivity contribution in [2.24, 2.45) is 0 Å². The van der Waals surface area contributed by atoms with Crippen molar-refractivity contribution in [1.82, 2.24) is 14.9 Å². The fourth-order valence-corrected chi connectivity index (χ4v) is 4.77. The molecular weight excluding hydrogens is 356 g/mol. The van der Waals surface area contributed by atoms with E-state index in [4.69, 9.17) is 0 Å². The zero-order valence-corrected chi connectivity index (χ0v) is 18.2. The topological polar surface area (TPSA) is 41.0 Å². The summed E-state index contributed by atoms with van der Waals surface area (Å²) in [7, 11) is 0. The Kier molecular flexibility index (Phi) is 5.73. The van der Waals surface area contributed by atoms with Crippen LogP contribution in [-0.4, -0.2) is 34.5 Å². The van der Waals surface area contributed by atoms with Gasteiger partial charge in [-0.05, 0) is 75.9 Å². The lowest BCUT2D eigenvalue weighted by Gasteiger charge is -2.40. The van der Waals surface area contributed by atoms with Crippen LogP contribution in [0.1, 0.15) is 68.0 Å². The summed E-state index contributed by atoms with van der Waals surface area (Å²) in [4.78, 5) is 11.7. The van der Waals surface area contributed by atoms with Gasteiger partial charge in [-0.15, -0.1) is 0 Å². The molecule has 3 heterocycles. The normalized spacial score (nSPS) is 19.2. The summed E-state index contributed by atoms with van der Waals surface area (Å²) in [5.74, 6) is 1.41. The number of likely N-dealkylation sites (tertiary alicyclic amines) is 1. The first-order valence-electron chi connectivity index (χ1n) is 11.1. The molecule has 1 aromatic heterocycles. The molecule has 2 aromatic rings. The lowest BCUT2D eigenvalue weighted by molar-refractivity contribution is 0.179. The minimum atomic E-state index is 0.123. The predicted octanol–water partition coefficient (Wildman–Crippen LogP) is 5.20. The largest absolute Gasteiger partial charge is 0.358 e. The lowest BCUT2D eigenvalue weighted by atomic mass is 9.72. The summed E-state index contributed by atoms with van der Waals surface area (Å²) in [6.45, 7) is 14.4. The van der Waals surface area contributed by atoms with Crippen LogP contribution in [0.4, 0.5) is 5.69 Å². The van der Waals surface area contributed by atoms with Gasteiger partial charge in [0, 0.05) is 35.1 Å². The summed E-state index contributed by atoms with van der Waals surface area (Å²) >= 11 is 0. The van der Waals surface area contributed by atoms with Crippen molar-refractivity contribution >= 4 is 5.69 Å². The Hall–Kier alpha value is -2.20. The molecule has 4 nitrogen and oxygen atoms in total. The van der Waals surface area contributed by atoms with E-state index >= 15 is 0 Å². The number of aryl methyl sites for hydroxylation is 2. The maximum atomic E-state index is 4.56. The zero-order valence-electron chi connectivity index (χ0n) is 18.2. The number of hydrogen-bond donors (Lipinski definition) is 1. The van der Waals surface area contributed by atoms with Crippen LogP contribution in [0.5, 0.6) is 0 Å². The molecule has 2 aliphatic rings. The molecule has 2 aliphatic heterocycles. The third kappa shape index (κ3) is 3.95. The smallest absolute Gasteiger partial charge is 0.131 e. The highest BCUT2D eigenvalue weighted by atomic mass is 15.1. The van der Waals surface area contributed by atoms with Crippen molar-refractivity contribution in [1.29, 1.82) is 0 Å². The summed E-state index contributed by atoms with van der Waals surface area (Å²) in [5, 5.41) is 3.55. The van der Waals surface area contributed by atoms with Gasteiger partial charge in [0.1, 0.15) is 5.82 Å². The molecule has 154 valence electrons. The van der Waals surface area contributed by atoms with Gasteiger partial charge < -0.3 is 10.2 Å². The van der Waals surface area contributed by atoms with Gasteiger partial charge >= 0.3 is 0 Å².